The minimum Gasteiger partial charge on any atom is -0.338 e. The van der Waals surface area contributed by atoms with E-state index in [4.69, 9.17) is 0 Å². The number of rotatable bonds is 6. The van der Waals surface area contributed by atoms with Gasteiger partial charge in [0.2, 0.25) is 5.91 Å². The molecule has 1 aromatic heterocycles. The molecule has 0 saturated carbocycles. The van der Waals surface area contributed by atoms with Gasteiger partial charge in [0, 0.05) is 63.1 Å². The molecule has 2 aliphatic rings. The van der Waals surface area contributed by atoms with Crippen LogP contribution in [0.4, 0.5) is 0 Å². The number of aromatic nitrogens is 1. The quantitative estimate of drug-likeness (QED) is 0.740. The van der Waals surface area contributed by atoms with Gasteiger partial charge in [0.25, 0.3) is 5.91 Å². The lowest BCUT2D eigenvalue weighted by atomic mass is 10.0. The number of hydrogen-bond acceptors (Lipinski definition) is 4. The number of piperazine rings is 1. The van der Waals surface area contributed by atoms with Crippen molar-refractivity contribution in [1.82, 2.24) is 19.7 Å². The van der Waals surface area contributed by atoms with Crippen molar-refractivity contribution in [3.05, 3.63) is 65.5 Å². The summed E-state index contributed by atoms with van der Waals surface area (Å²) in [6.07, 6.45) is 2.75. The molecule has 0 bridgehead atoms. The molecular weight excluding hydrogens is 376 g/mol. The lowest BCUT2D eigenvalue weighted by Gasteiger charge is -2.39. The van der Waals surface area contributed by atoms with Crippen molar-refractivity contribution in [2.24, 2.45) is 5.92 Å². The molecule has 2 amide bonds. The van der Waals surface area contributed by atoms with Crippen LogP contribution in [-0.4, -0.2) is 70.3 Å². The first kappa shape index (κ1) is 20.5. The highest BCUT2D eigenvalue weighted by Gasteiger charge is 2.40. The lowest BCUT2D eigenvalue weighted by Crippen LogP contribution is -2.56. The molecule has 0 unspecified atom stereocenters. The van der Waals surface area contributed by atoms with Gasteiger partial charge < -0.3 is 9.80 Å². The van der Waals surface area contributed by atoms with E-state index >= 15 is 0 Å². The Kier molecular flexibility index (Phi) is 6.13. The summed E-state index contributed by atoms with van der Waals surface area (Å²) in [5.74, 6) is 0.125. The minimum atomic E-state index is -0.412. The molecular formula is C24H30N4O2. The van der Waals surface area contributed by atoms with Crippen molar-refractivity contribution in [3.8, 4) is 0 Å². The zero-order chi connectivity index (χ0) is 21.1. The Balaban J connectivity index is 1.36. The summed E-state index contributed by atoms with van der Waals surface area (Å²) in [6.45, 7) is 8.66. The fourth-order valence-electron chi connectivity index (χ4n) is 4.48. The molecule has 1 saturated heterocycles. The molecule has 0 spiro atoms. The first-order valence-corrected chi connectivity index (χ1v) is 10.8. The summed E-state index contributed by atoms with van der Waals surface area (Å²) in [7, 11) is 0. The van der Waals surface area contributed by atoms with Crippen molar-refractivity contribution >= 4 is 11.8 Å². The second-order valence-corrected chi connectivity index (χ2v) is 8.52. The van der Waals surface area contributed by atoms with Crippen LogP contribution in [0.3, 0.4) is 0 Å². The van der Waals surface area contributed by atoms with Gasteiger partial charge in [-0.25, -0.2) is 0 Å². The summed E-state index contributed by atoms with van der Waals surface area (Å²) >= 11 is 0. The summed E-state index contributed by atoms with van der Waals surface area (Å²) in [6, 6.07) is 13.3. The van der Waals surface area contributed by atoms with Crippen LogP contribution in [-0.2, 0) is 17.8 Å². The fourth-order valence-corrected chi connectivity index (χ4v) is 4.48. The van der Waals surface area contributed by atoms with Crippen molar-refractivity contribution in [3.63, 3.8) is 0 Å². The monoisotopic (exact) mass is 406 g/mol. The van der Waals surface area contributed by atoms with Crippen LogP contribution in [0.5, 0.6) is 0 Å². The number of amides is 2. The third kappa shape index (κ3) is 4.24. The summed E-state index contributed by atoms with van der Waals surface area (Å²) in [4.78, 5) is 36.8. The molecule has 6 nitrogen and oxygen atoms in total. The van der Waals surface area contributed by atoms with Gasteiger partial charge in [-0.15, -0.1) is 0 Å². The Labute approximate surface area is 178 Å². The van der Waals surface area contributed by atoms with Crippen LogP contribution in [0.2, 0.25) is 0 Å². The second kappa shape index (κ2) is 8.96. The van der Waals surface area contributed by atoms with Crippen molar-refractivity contribution in [1.29, 1.82) is 0 Å². The fraction of sp³-hybridized carbons (Fsp3) is 0.458. The van der Waals surface area contributed by atoms with Crippen LogP contribution in [0.1, 0.15) is 35.5 Å². The maximum absolute atomic E-state index is 13.4. The zero-order valence-electron chi connectivity index (χ0n) is 17.8. The largest absolute Gasteiger partial charge is 0.338 e. The van der Waals surface area contributed by atoms with Gasteiger partial charge in [-0.1, -0.05) is 38.1 Å². The van der Waals surface area contributed by atoms with E-state index in [0.717, 1.165) is 42.9 Å². The predicted octanol–water partition coefficient (Wildman–Crippen LogP) is 2.45. The highest BCUT2D eigenvalue weighted by atomic mass is 16.2. The van der Waals surface area contributed by atoms with E-state index in [1.165, 1.54) is 0 Å². The van der Waals surface area contributed by atoms with E-state index in [2.05, 4.69) is 16.0 Å². The van der Waals surface area contributed by atoms with Gasteiger partial charge in [0.15, 0.2) is 0 Å². The van der Waals surface area contributed by atoms with Crippen LogP contribution in [0.25, 0.3) is 0 Å². The van der Waals surface area contributed by atoms with E-state index in [1.807, 2.05) is 61.3 Å². The maximum atomic E-state index is 13.4. The number of fused-ring (bicyclic) bond motifs is 1. The smallest absolute Gasteiger partial charge is 0.255 e. The van der Waals surface area contributed by atoms with Crippen molar-refractivity contribution in [2.45, 2.75) is 32.9 Å². The third-order valence-electron chi connectivity index (χ3n) is 6.16. The zero-order valence-corrected chi connectivity index (χ0v) is 17.8. The van der Waals surface area contributed by atoms with Crippen LogP contribution in [0, 0.1) is 5.92 Å². The van der Waals surface area contributed by atoms with E-state index < -0.39 is 6.04 Å². The summed E-state index contributed by atoms with van der Waals surface area (Å²) < 4.78 is 0. The number of nitrogens with zero attached hydrogens (tertiary/aromatic N) is 4. The maximum Gasteiger partial charge on any atom is 0.255 e. The number of benzene rings is 1. The van der Waals surface area contributed by atoms with E-state index in [0.29, 0.717) is 19.6 Å². The molecule has 0 radical (unpaired) electrons. The Hall–Kier alpha value is -2.73. The molecule has 6 heteroatoms. The average Bonchev–Trinajstić information content (AvgIpc) is 3.09. The Morgan fingerprint density at radius 2 is 1.77 bits per heavy atom. The first-order chi connectivity index (χ1) is 14.5. The van der Waals surface area contributed by atoms with Gasteiger partial charge >= 0.3 is 0 Å². The van der Waals surface area contributed by atoms with E-state index in [9.17, 15) is 9.59 Å². The van der Waals surface area contributed by atoms with Gasteiger partial charge in [0.1, 0.15) is 6.04 Å². The number of pyridine rings is 1. The van der Waals surface area contributed by atoms with Gasteiger partial charge in [-0.05, 0) is 29.7 Å². The molecule has 30 heavy (non-hydrogen) atoms. The third-order valence-corrected chi connectivity index (χ3v) is 6.16. The van der Waals surface area contributed by atoms with Crippen LogP contribution in [0.15, 0.2) is 48.7 Å². The van der Waals surface area contributed by atoms with Gasteiger partial charge in [-0.3, -0.25) is 19.5 Å². The molecule has 3 heterocycles. The molecule has 2 aromatic rings. The molecule has 1 atom stereocenters. The topological polar surface area (TPSA) is 56.8 Å². The van der Waals surface area contributed by atoms with Gasteiger partial charge in [0.05, 0.1) is 0 Å². The number of carbonyl (C=O) groups is 2. The first-order valence-electron chi connectivity index (χ1n) is 10.8. The summed E-state index contributed by atoms with van der Waals surface area (Å²) in [5.41, 5.74) is 2.85. The molecule has 2 aliphatic heterocycles. The Morgan fingerprint density at radius 1 is 1.03 bits per heavy atom. The molecule has 1 aromatic carbocycles. The average molecular weight is 407 g/mol. The second-order valence-electron chi connectivity index (χ2n) is 8.52. The number of carbonyl (C=O) groups excluding carboxylic acids is 2. The van der Waals surface area contributed by atoms with Crippen LogP contribution < -0.4 is 0 Å². The SMILES string of the molecule is CC(C)[C@H](C(=O)N1CCN(CCc2ccccn2)CC1)N1Cc2ccccc2C1=O. The Morgan fingerprint density at radius 3 is 2.43 bits per heavy atom. The van der Waals surface area contributed by atoms with E-state index in [-0.39, 0.29) is 17.7 Å². The van der Waals surface area contributed by atoms with Crippen LogP contribution >= 0.6 is 0 Å². The highest BCUT2D eigenvalue weighted by molar-refractivity contribution is 6.01. The standard InChI is InChI=1S/C24H30N4O2/c1-18(2)22(28-17-19-7-3-4-9-21(19)23(28)29)24(30)27-15-13-26(14-16-27)12-10-20-8-5-6-11-25-20/h3-9,11,18,22H,10,12-17H2,1-2H3/t22-/m1/s1. The van der Waals surface area contributed by atoms with Crippen molar-refractivity contribution < 1.29 is 9.59 Å². The summed E-state index contributed by atoms with van der Waals surface area (Å²) in [5, 5.41) is 0. The number of hydrogen-bond donors (Lipinski definition) is 0. The highest BCUT2D eigenvalue weighted by Crippen LogP contribution is 2.28. The van der Waals surface area contributed by atoms with E-state index in [1.54, 1.807) is 4.90 Å². The minimum absolute atomic E-state index is 0.0216. The van der Waals surface area contributed by atoms with Gasteiger partial charge in [-0.2, -0.15) is 0 Å². The molecule has 0 N–H and O–H groups in total. The normalized spacial score (nSPS) is 18.0. The van der Waals surface area contributed by atoms with Crippen molar-refractivity contribution in [2.75, 3.05) is 32.7 Å². The molecule has 158 valence electrons. The molecule has 1 fully saturated rings. The molecule has 0 aliphatic carbocycles. The Bertz CT molecular complexity index is 891. The molecule has 4 rings (SSSR count). The lowest BCUT2D eigenvalue weighted by molar-refractivity contribution is -0.139. The predicted molar refractivity (Wildman–Crippen MR) is 116 cm³/mol.